The van der Waals surface area contributed by atoms with Crippen LogP contribution in [-0.4, -0.2) is 15.3 Å². The minimum Gasteiger partial charge on any atom is -0.504 e. The first-order chi connectivity index (χ1) is 10.7. The van der Waals surface area contributed by atoms with E-state index in [0.717, 1.165) is 23.1 Å². The van der Waals surface area contributed by atoms with Crippen molar-refractivity contribution in [2.24, 2.45) is 0 Å². The third-order valence-electron chi connectivity index (χ3n) is 4.27. The molecule has 4 rings (SSSR count). The number of benzene rings is 3. The first-order valence-electron chi connectivity index (χ1n) is 7.11. The second kappa shape index (κ2) is 4.53. The van der Waals surface area contributed by atoms with Gasteiger partial charge in [-0.2, -0.15) is 0 Å². The Balaban J connectivity index is 1.96. The number of aromatic hydroxyl groups is 3. The van der Waals surface area contributed by atoms with Crippen LogP contribution in [0.3, 0.4) is 0 Å². The highest BCUT2D eigenvalue weighted by molar-refractivity contribution is 5.87. The van der Waals surface area contributed by atoms with Gasteiger partial charge in [0.1, 0.15) is 0 Å². The fraction of sp³-hybridized carbons (Fsp3) is 0.0526. The number of hydrogen-bond acceptors (Lipinski definition) is 3. The second-order valence-electron chi connectivity index (χ2n) is 5.50. The summed E-state index contributed by atoms with van der Waals surface area (Å²) >= 11 is 0. The average molecular weight is 290 g/mol. The SMILES string of the molecule is Oc1ccc(-c2cccc3c2Cc2ccccc2-3)c(O)c1O. The molecule has 0 bridgehead atoms. The van der Waals surface area contributed by atoms with Crippen molar-refractivity contribution in [1.29, 1.82) is 0 Å². The molecule has 0 aliphatic heterocycles. The Hall–Kier alpha value is -2.94. The lowest BCUT2D eigenvalue weighted by atomic mass is 9.95. The van der Waals surface area contributed by atoms with Gasteiger partial charge in [0.05, 0.1) is 0 Å². The first-order valence-corrected chi connectivity index (χ1v) is 7.11. The third kappa shape index (κ3) is 1.69. The predicted molar refractivity (Wildman–Crippen MR) is 85.1 cm³/mol. The Labute approximate surface area is 127 Å². The molecule has 3 heteroatoms. The van der Waals surface area contributed by atoms with Crippen LogP contribution < -0.4 is 0 Å². The number of hydrogen-bond donors (Lipinski definition) is 3. The molecule has 0 radical (unpaired) electrons. The molecule has 3 nitrogen and oxygen atoms in total. The van der Waals surface area contributed by atoms with Crippen LogP contribution in [0, 0.1) is 0 Å². The molecule has 0 saturated heterocycles. The fourth-order valence-electron chi connectivity index (χ4n) is 3.20. The van der Waals surface area contributed by atoms with E-state index in [4.69, 9.17) is 0 Å². The molecule has 3 aromatic carbocycles. The summed E-state index contributed by atoms with van der Waals surface area (Å²) in [4.78, 5) is 0. The zero-order valence-electron chi connectivity index (χ0n) is 11.7. The van der Waals surface area contributed by atoms with E-state index in [1.54, 1.807) is 6.07 Å². The van der Waals surface area contributed by atoms with Gasteiger partial charge in [-0.3, -0.25) is 0 Å². The Morgan fingerprint density at radius 2 is 1.27 bits per heavy atom. The van der Waals surface area contributed by atoms with E-state index < -0.39 is 5.75 Å². The number of phenolic OH excluding ortho intramolecular Hbond substituents is 3. The maximum absolute atomic E-state index is 10.2. The molecule has 0 spiro atoms. The molecule has 0 aromatic heterocycles. The highest BCUT2D eigenvalue weighted by atomic mass is 16.3. The van der Waals surface area contributed by atoms with Crippen molar-refractivity contribution in [2.75, 3.05) is 0 Å². The van der Waals surface area contributed by atoms with Crippen molar-refractivity contribution in [3.8, 4) is 39.5 Å². The van der Waals surface area contributed by atoms with Crippen molar-refractivity contribution in [2.45, 2.75) is 6.42 Å². The minimum atomic E-state index is -0.481. The van der Waals surface area contributed by atoms with E-state index in [-0.39, 0.29) is 11.5 Å². The van der Waals surface area contributed by atoms with Crippen molar-refractivity contribution in [3.63, 3.8) is 0 Å². The molecule has 0 saturated carbocycles. The molecule has 0 heterocycles. The van der Waals surface area contributed by atoms with Gasteiger partial charge < -0.3 is 15.3 Å². The van der Waals surface area contributed by atoms with E-state index in [9.17, 15) is 15.3 Å². The van der Waals surface area contributed by atoms with Gasteiger partial charge in [-0.25, -0.2) is 0 Å². The van der Waals surface area contributed by atoms with Crippen LogP contribution >= 0.6 is 0 Å². The lowest BCUT2D eigenvalue weighted by Crippen LogP contribution is -1.89. The molecule has 0 fully saturated rings. The first kappa shape index (κ1) is 12.8. The van der Waals surface area contributed by atoms with Gasteiger partial charge in [0.2, 0.25) is 5.75 Å². The van der Waals surface area contributed by atoms with E-state index in [2.05, 4.69) is 18.2 Å². The predicted octanol–water partition coefficient (Wildman–Crippen LogP) is 4.04. The van der Waals surface area contributed by atoms with Gasteiger partial charge in [0.15, 0.2) is 11.5 Å². The quantitative estimate of drug-likeness (QED) is 0.464. The Kier molecular flexibility index (Phi) is 2.63. The molecular formula is C19H14O3. The van der Waals surface area contributed by atoms with Crippen LogP contribution in [0.5, 0.6) is 17.2 Å². The summed E-state index contributed by atoms with van der Waals surface area (Å²) in [7, 11) is 0. The van der Waals surface area contributed by atoms with Gasteiger partial charge in [0.25, 0.3) is 0 Å². The highest BCUT2D eigenvalue weighted by Crippen LogP contribution is 2.47. The Morgan fingerprint density at radius 3 is 2.09 bits per heavy atom. The smallest absolute Gasteiger partial charge is 0.200 e. The summed E-state index contributed by atoms with van der Waals surface area (Å²) in [6.07, 6.45) is 0.794. The van der Waals surface area contributed by atoms with Crippen molar-refractivity contribution >= 4 is 0 Å². The lowest BCUT2D eigenvalue weighted by molar-refractivity contribution is 0.369. The van der Waals surface area contributed by atoms with Crippen LogP contribution in [0.4, 0.5) is 0 Å². The molecule has 0 atom stereocenters. The van der Waals surface area contributed by atoms with Crippen LogP contribution in [0.25, 0.3) is 22.3 Å². The maximum Gasteiger partial charge on any atom is 0.200 e. The molecule has 1 aliphatic rings. The monoisotopic (exact) mass is 290 g/mol. The lowest BCUT2D eigenvalue weighted by Gasteiger charge is -2.12. The normalized spacial score (nSPS) is 12.0. The molecule has 3 aromatic rings. The maximum atomic E-state index is 10.2. The Morgan fingerprint density at radius 1 is 0.591 bits per heavy atom. The highest BCUT2D eigenvalue weighted by Gasteiger charge is 2.23. The molecule has 3 N–H and O–H groups in total. The van der Waals surface area contributed by atoms with E-state index >= 15 is 0 Å². The second-order valence-corrected chi connectivity index (χ2v) is 5.50. The molecular weight excluding hydrogens is 276 g/mol. The largest absolute Gasteiger partial charge is 0.504 e. The average Bonchev–Trinajstić information content (AvgIpc) is 2.92. The molecule has 108 valence electrons. The molecule has 0 unspecified atom stereocenters. The van der Waals surface area contributed by atoms with Gasteiger partial charge in [-0.05, 0) is 46.4 Å². The van der Waals surface area contributed by atoms with E-state index in [1.807, 2.05) is 24.3 Å². The van der Waals surface area contributed by atoms with E-state index in [0.29, 0.717) is 5.56 Å². The number of fused-ring (bicyclic) bond motifs is 3. The molecule has 1 aliphatic carbocycles. The Bertz CT molecular complexity index is 897. The summed E-state index contributed by atoms with van der Waals surface area (Å²) in [6, 6.07) is 17.2. The topological polar surface area (TPSA) is 60.7 Å². The fourth-order valence-corrected chi connectivity index (χ4v) is 3.20. The summed E-state index contributed by atoms with van der Waals surface area (Å²) in [5.41, 5.74) is 6.15. The van der Waals surface area contributed by atoms with Gasteiger partial charge in [-0.15, -0.1) is 0 Å². The standard InChI is InChI=1S/C19H14O3/c20-17-9-8-15(18(21)19(17)22)14-7-3-6-13-12-5-2-1-4-11(12)10-16(13)14/h1-9,20-22H,10H2. The summed E-state index contributed by atoms with van der Waals surface area (Å²) in [5.74, 6) is -1.09. The van der Waals surface area contributed by atoms with Crippen molar-refractivity contribution in [1.82, 2.24) is 0 Å². The third-order valence-corrected chi connectivity index (χ3v) is 4.27. The summed E-state index contributed by atoms with van der Waals surface area (Å²) in [6.45, 7) is 0. The summed E-state index contributed by atoms with van der Waals surface area (Å²) < 4.78 is 0. The van der Waals surface area contributed by atoms with Gasteiger partial charge in [0, 0.05) is 5.56 Å². The zero-order chi connectivity index (χ0) is 15.3. The van der Waals surface area contributed by atoms with Gasteiger partial charge >= 0.3 is 0 Å². The number of phenols is 3. The van der Waals surface area contributed by atoms with Gasteiger partial charge in [-0.1, -0.05) is 42.5 Å². The zero-order valence-corrected chi connectivity index (χ0v) is 11.7. The van der Waals surface area contributed by atoms with E-state index in [1.165, 1.54) is 17.2 Å². The van der Waals surface area contributed by atoms with Crippen LogP contribution in [0.1, 0.15) is 11.1 Å². The van der Waals surface area contributed by atoms with Crippen molar-refractivity contribution in [3.05, 3.63) is 65.7 Å². The number of rotatable bonds is 1. The minimum absolute atomic E-state index is 0.288. The van der Waals surface area contributed by atoms with Crippen LogP contribution in [0.15, 0.2) is 54.6 Å². The van der Waals surface area contributed by atoms with Crippen LogP contribution in [-0.2, 0) is 6.42 Å². The van der Waals surface area contributed by atoms with Crippen LogP contribution in [0.2, 0.25) is 0 Å². The molecule has 0 amide bonds. The summed E-state index contributed by atoms with van der Waals surface area (Å²) in [5, 5.41) is 29.4. The van der Waals surface area contributed by atoms with Crippen molar-refractivity contribution < 1.29 is 15.3 Å². The molecule has 22 heavy (non-hydrogen) atoms.